The number of anilines is 2. The van der Waals surface area contributed by atoms with Gasteiger partial charge in [0.2, 0.25) is 5.82 Å². The van der Waals surface area contributed by atoms with Gasteiger partial charge in [-0.25, -0.2) is 9.97 Å². The molecule has 0 spiro atoms. The molecule has 110 valence electrons. The van der Waals surface area contributed by atoms with Crippen molar-refractivity contribution in [3.63, 3.8) is 0 Å². The quantitative estimate of drug-likeness (QED) is 0.659. The van der Waals surface area contributed by atoms with E-state index in [4.69, 9.17) is 17.3 Å². The van der Waals surface area contributed by atoms with Gasteiger partial charge in [-0.05, 0) is 24.3 Å². The Kier molecular flexibility index (Phi) is 3.99. The second-order valence-corrected chi connectivity index (χ2v) is 4.36. The van der Waals surface area contributed by atoms with Crippen molar-refractivity contribution in [2.45, 2.75) is 6.18 Å². The van der Waals surface area contributed by atoms with Crippen LogP contribution in [0, 0.1) is 0 Å². The van der Waals surface area contributed by atoms with Crippen LogP contribution in [0.25, 0.3) is 0 Å². The number of carbonyl (C=O) groups excluding carboxylic acids is 1. The summed E-state index contributed by atoms with van der Waals surface area (Å²) < 4.78 is 37.6. The molecule has 2 rings (SSSR count). The average Bonchev–Trinajstić information content (AvgIpc) is 2.37. The third-order valence-electron chi connectivity index (χ3n) is 2.36. The predicted octanol–water partition coefficient (Wildman–Crippen LogP) is 2.98. The van der Waals surface area contributed by atoms with Crippen molar-refractivity contribution in [1.82, 2.24) is 9.97 Å². The highest BCUT2D eigenvalue weighted by Crippen LogP contribution is 2.28. The molecule has 0 aliphatic rings. The zero-order valence-electron chi connectivity index (χ0n) is 10.3. The molecule has 1 amide bonds. The Morgan fingerprint density at radius 2 is 1.81 bits per heavy atom. The molecule has 0 aliphatic heterocycles. The third-order valence-corrected chi connectivity index (χ3v) is 2.56. The molecule has 1 heterocycles. The molecule has 3 N–H and O–H groups in total. The van der Waals surface area contributed by atoms with Crippen molar-refractivity contribution in [3.05, 3.63) is 46.9 Å². The second kappa shape index (κ2) is 5.57. The van der Waals surface area contributed by atoms with Crippen molar-refractivity contribution in [2.75, 3.05) is 11.1 Å². The highest BCUT2D eigenvalue weighted by molar-refractivity contribution is 6.29. The van der Waals surface area contributed by atoms with E-state index >= 15 is 0 Å². The molecule has 21 heavy (non-hydrogen) atoms. The number of nitrogens with two attached hydrogens (primary N) is 1. The second-order valence-electron chi connectivity index (χ2n) is 3.97. The van der Waals surface area contributed by atoms with Crippen LogP contribution >= 0.6 is 11.6 Å². The van der Waals surface area contributed by atoms with Crippen LogP contribution in [-0.2, 0) is 6.18 Å². The number of hydrogen-bond donors (Lipinski definition) is 2. The Bertz CT molecular complexity index is 673. The van der Waals surface area contributed by atoms with Crippen LogP contribution in [0.15, 0.2) is 30.3 Å². The van der Waals surface area contributed by atoms with E-state index in [1.165, 1.54) is 24.3 Å². The van der Waals surface area contributed by atoms with Gasteiger partial charge in [0.25, 0.3) is 5.91 Å². The number of halogens is 4. The number of aromatic nitrogens is 2. The monoisotopic (exact) mass is 316 g/mol. The van der Waals surface area contributed by atoms with E-state index < -0.39 is 23.1 Å². The minimum absolute atomic E-state index is 0.215. The Balaban J connectivity index is 2.25. The summed E-state index contributed by atoms with van der Waals surface area (Å²) in [5, 5.41) is 1.79. The first-order valence-electron chi connectivity index (χ1n) is 5.54. The molecule has 0 saturated carbocycles. The fraction of sp³-hybridized carbons (Fsp3) is 0.0833. The van der Waals surface area contributed by atoms with E-state index in [2.05, 4.69) is 15.3 Å². The van der Waals surface area contributed by atoms with E-state index in [0.29, 0.717) is 5.69 Å². The van der Waals surface area contributed by atoms with Gasteiger partial charge < -0.3 is 11.1 Å². The topological polar surface area (TPSA) is 80.9 Å². The summed E-state index contributed by atoms with van der Waals surface area (Å²) in [6.07, 6.45) is -4.76. The number of benzene rings is 1. The molecule has 2 aromatic rings. The van der Waals surface area contributed by atoms with E-state index in [1.54, 1.807) is 0 Å². The van der Waals surface area contributed by atoms with Gasteiger partial charge in [-0.1, -0.05) is 11.6 Å². The van der Waals surface area contributed by atoms with Gasteiger partial charge in [0.1, 0.15) is 11.0 Å². The molecule has 1 aromatic heterocycles. The first-order valence-corrected chi connectivity index (χ1v) is 5.92. The van der Waals surface area contributed by atoms with Crippen LogP contribution in [0.4, 0.5) is 24.7 Å². The standard InChI is InChI=1S/C12H8ClF3N4O/c13-8-5-9(20-11(18-8)12(14,15)16)19-10(21)6-1-3-7(17)4-2-6/h1-5H,17H2,(H,18,19,20,21). The van der Waals surface area contributed by atoms with Crippen LogP contribution in [-0.4, -0.2) is 15.9 Å². The summed E-state index contributed by atoms with van der Waals surface area (Å²) in [5.74, 6) is -2.41. The maximum atomic E-state index is 12.5. The predicted molar refractivity (Wildman–Crippen MR) is 70.9 cm³/mol. The van der Waals surface area contributed by atoms with Crippen molar-refractivity contribution in [3.8, 4) is 0 Å². The molecule has 5 nitrogen and oxygen atoms in total. The number of rotatable bonds is 2. The SMILES string of the molecule is Nc1ccc(C(=O)Nc2cc(Cl)nc(C(F)(F)F)n2)cc1. The average molecular weight is 317 g/mol. The molecule has 0 aliphatic carbocycles. The summed E-state index contributed by atoms with van der Waals surface area (Å²) >= 11 is 5.49. The zero-order valence-corrected chi connectivity index (χ0v) is 11.0. The number of carbonyl (C=O) groups is 1. The van der Waals surface area contributed by atoms with Crippen LogP contribution in [0.1, 0.15) is 16.2 Å². The zero-order chi connectivity index (χ0) is 15.6. The van der Waals surface area contributed by atoms with E-state index in [1.807, 2.05) is 0 Å². The number of amides is 1. The number of nitrogens with zero attached hydrogens (tertiary/aromatic N) is 2. The molecule has 1 aromatic carbocycles. The van der Waals surface area contributed by atoms with Gasteiger partial charge in [-0.15, -0.1) is 0 Å². The summed E-state index contributed by atoms with van der Waals surface area (Å²) in [7, 11) is 0. The van der Waals surface area contributed by atoms with Crippen LogP contribution in [0.5, 0.6) is 0 Å². The molecular formula is C12H8ClF3N4O. The van der Waals surface area contributed by atoms with Gasteiger partial charge in [-0.2, -0.15) is 13.2 Å². The third kappa shape index (κ3) is 3.82. The van der Waals surface area contributed by atoms with Gasteiger partial charge in [0.15, 0.2) is 0 Å². The van der Waals surface area contributed by atoms with Gasteiger partial charge in [-0.3, -0.25) is 4.79 Å². The largest absolute Gasteiger partial charge is 0.451 e. The summed E-state index contributed by atoms with van der Waals surface area (Å²) in [6.45, 7) is 0. The van der Waals surface area contributed by atoms with E-state index in [0.717, 1.165) is 6.07 Å². The highest BCUT2D eigenvalue weighted by atomic mass is 35.5. The molecule has 0 bridgehead atoms. The summed E-state index contributed by atoms with van der Waals surface area (Å²) in [5.41, 5.74) is 6.14. The number of nitrogen functional groups attached to an aromatic ring is 1. The lowest BCUT2D eigenvalue weighted by Crippen LogP contribution is -2.17. The van der Waals surface area contributed by atoms with E-state index in [-0.39, 0.29) is 11.4 Å². The lowest BCUT2D eigenvalue weighted by Gasteiger charge is -2.09. The van der Waals surface area contributed by atoms with Gasteiger partial charge in [0, 0.05) is 17.3 Å². The molecule has 0 unspecified atom stereocenters. The highest BCUT2D eigenvalue weighted by Gasteiger charge is 2.35. The fourth-order valence-corrected chi connectivity index (χ4v) is 1.61. The minimum Gasteiger partial charge on any atom is -0.399 e. The van der Waals surface area contributed by atoms with Crippen molar-refractivity contribution < 1.29 is 18.0 Å². The number of nitrogens with one attached hydrogen (secondary N) is 1. The lowest BCUT2D eigenvalue weighted by atomic mass is 10.2. The van der Waals surface area contributed by atoms with Crippen molar-refractivity contribution in [1.29, 1.82) is 0 Å². The van der Waals surface area contributed by atoms with Crippen LogP contribution in [0.2, 0.25) is 5.15 Å². The number of alkyl halides is 3. The number of hydrogen-bond acceptors (Lipinski definition) is 4. The van der Waals surface area contributed by atoms with Crippen molar-refractivity contribution in [2.24, 2.45) is 0 Å². The van der Waals surface area contributed by atoms with Crippen LogP contribution < -0.4 is 11.1 Å². The Morgan fingerprint density at radius 3 is 2.38 bits per heavy atom. The first-order chi connectivity index (χ1) is 9.75. The van der Waals surface area contributed by atoms with Gasteiger partial charge >= 0.3 is 6.18 Å². The lowest BCUT2D eigenvalue weighted by molar-refractivity contribution is -0.144. The maximum Gasteiger partial charge on any atom is 0.451 e. The van der Waals surface area contributed by atoms with E-state index in [9.17, 15) is 18.0 Å². The molecular weight excluding hydrogens is 309 g/mol. The Labute approximate surface area is 122 Å². The van der Waals surface area contributed by atoms with Gasteiger partial charge in [0.05, 0.1) is 0 Å². The normalized spacial score (nSPS) is 11.2. The fourth-order valence-electron chi connectivity index (χ4n) is 1.43. The molecule has 9 heteroatoms. The molecule has 0 radical (unpaired) electrons. The van der Waals surface area contributed by atoms with Crippen LogP contribution in [0.3, 0.4) is 0 Å². The first kappa shape index (κ1) is 15.0. The van der Waals surface area contributed by atoms with Crippen molar-refractivity contribution >= 4 is 29.0 Å². The Morgan fingerprint density at radius 1 is 1.19 bits per heavy atom. The Hall–Kier alpha value is -2.35. The molecule has 0 fully saturated rings. The minimum atomic E-state index is -4.76. The smallest absolute Gasteiger partial charge is 0.399 e. The molecule has 0 saturated heterocycles. The maximum absolute atomic E-state index is 12.5. The molecule has 0 atom stereocenters. The summed E-state index contributed by atoms with van der Waals surface area (Å²) in [4.78, 5) is 18.1. The summed E-state index contributed by atoms with van der Waals surface area (Å²) in [6, 6.07) is 6.86.